The van der Waals surface area contributed by atoms with Gasteiger partial charge in [0, 0.05) is 42.5 Å². The summed E-state index contributed by atoms with van der Waals surface area (Å²) in [6.45, 7) is 1.04. The molecule has 9 nitrogen and oxygen atoms in total. The van der Waals surface area contributed by atoms with Gasteiger partial charge in [-0.2, -0.15) is 4.31 Å². The predicted molar refractivity (Wildman–Crippen MR) is 136 cm³/mol. The lowest BCUT2D eigenvalue weighted by Gasteiger charge is -2.32. The number of piperidine rings is 1. The van der Waals surface area contributed by atoms with Crippen LogP contribution < -0.4 is 10.1 Å². The van der Waals surface area contributed by atoms with E-state index in [9.17, 15) is 8.42 Å². The van der Waals surface area contributed by atoms with Crippen molar-refractivity contribution in [2.24, 2.45) is 0 Å². The van der Waals surface area contributed by atoms with Crippen molar-refractivity contribution in [2.45, 2.75) is 37.0 Å². The van der Waals surface area contributed by atoms with E-state index in [0.29, 0.717) is 19.0 Å². The Bertz CT molecular complexity index is 1480. The van der Waals surface area contributed by atoms with Gasteiger partial charge in [-0.15, -0.1) is 11.3 Å². The Hall–Kier alpha value is -3.02. The fourth-order valence-electron chi connectivity index (χ4n) is 4.61. The zero-order valence-electron chi connectivity index (χ0n) is 19.3. The number of sulfonamides is 1. The summed E-state index contributed by atoms with van der Waals surface area (Å²) in [6, 6.07) is 9.68. The van der Waals surface area contributed by atoms with E-state index in [2.05, 4.69) is 10.3 Å². The fourth-order valence-corrected chi connectivity index (χ4v) is 7.25. The van der Waals surface area contributed by atoms with Crippen LogP contribution in [0, 0.1) is 0 Å². The minimum atomic E-state index is -3.19. The number of anilines is 1. The van der Waals surface area contributed by atoms with E-state index < -0.39 is 10.0 Å². The van der Waals surface area contributed by atoms with Crippen molar-refractivity contribution in [1.29, 1.82) is 0 Å². The molecule has 3 aromatic heterocycles. The second-order valence-corrected chi connectivity index (χ2v) is 12.0. The fraction of sp³-hybridized carbons (Fsp3) is 0.375. The van der Waals surface area contributed by atoms with Crippen molar-refractivity contribution in [3.63, 3.8) is 0 Å². The number of nitrogens with one attached hydrogen (secondary N) is 1. The maximum Gasteiger partial charge on any atom is 0.223 e. The van der Waals surface area contributed by atoms with E-state index >= 15 is 0 Å². The Labute approximate surface area is 207 Å². The Morgan fingerprint density at radius 2 is 2.06 bits per heavy atom. The molecule has 1 N–H and O–H groups in total. The third kappa shape index (κ3) is 4.28. The summed E-state index contributed by atoms with van der Waals surface area (Å²) in [6.07, 6.45) is 6.97. The Kier molecular flexibility index (Phi) is 5.70. The molecule has 0 radical (unpaired) electrons. The molecule has 0 amide bonds. The van der Waals surface area contributed by atoms with Crippen molar-refractivity contribution in [3.05, 3.63) is 48.1 Å². The Morgan fingerprint density at radius 1 is 1.17 bits per heavy atom. The molecule has 0 spiro atoms. The van der Waals surface area contributed by atoms with Crippen LogP contribution in [0.2, 0.25) is 0 Å². The topological polar surface area (TPSA) is 102 Å². The summed E-state index contributed by atoms with van der Waals surface area (Å²) < 4.78 is 34.5. The van der Waals surface area contributed by atoms with Crippen molar-refractivity contribution >= 4 is 32.3 Å². The monoisotopic (exact) mass is 510 g/mol. The minimum Gasteiger partial charge on any atom is -0.497 e. The maximum atomic E-state index is 12.7. The number of nitrogens with zero attached hydrogens (tertiary/aromatic N) is 5. The number of imidazole rings is 1. The number of hydrogen-bond acceptors (Lipinski definition) is 8. The van der Waals surface area contributed by atoms with Gasteiger partial charge >= 0.3 is 0 Å². The van der Waals surface area contributed by atoms with Crippen LogP contribution >= 0.6 is 11.3 Å². The number of thiazole rings is 1. The number of benzene rings is 1. The minimum absolute atomic E-state index is 0.0306. The summed E-state index contributed by atoms with van der Waals surface area (Å²) in [5.41, 5.74) is 3.38. The maximum absolute atomic E-state index is 12.7. The van der Waals surface area contributed by atoms with Gasteiger partial charge in [-0.1, -0.05) is 12.1 Å². The first kappa shape index (κ1) is 22.4. The van der Waals surface area contributed by atoms with E-state index in [1.54, 1.807) is 28.9 Å². The summed E-state index contributed by atoms with van der Waals surface area (Å²) in [5.74, 6) is 1.25. The van der Waals surface area contributed by atoms with Crippen molar-refractivity contribution < 1.29 is 13.2 Å². The standard InChI is InChI=1S/C24H26N6O3S2/c1-33-18-6-2-4-16(14-18)21-22(30-12-13-34-24(30)28-21)20-9-10-25-23(27-20)26-17-5-3-11-29(15-17)35(31,32)19-7-8-19/h2,4,6,9-10,12-14,17,19H,3,5,7-8,11,15H2,1H3,(H,25,26,27)/t17-/m1/s1. The molecule has 4 heterocycles. The van der Waals surface area contributed by atoms with Crippen LogP contribution in [-0.4, -0.2) is 63.6 Å². The van der Waals surface area contributed by atoms with Crippen LogP contribution in [0.3, 0.4) is 0 Å². The molecule has 4 aromatic rings. The quantitative estimate of drug-likeness (QED) is 0.402. The Balaban J connectivity index is 1.31. The number of methoxy groups -OCH3 is 1. The molecular weight excluding hydrogens is 484 g/mol. The molecule has 0 bridgehead atoms. The molecule has 182 valence electrons. The van der Waals surface area contributed by atoms with Crippen molar-refractivity contribution in [2.75, 3.05) is 25.5 Å². The van der Waals surface area contributed by atoms with Gasteiger partial charge in [0.05, 0.1) is 23.7 Å². The van der Waals surface area contributed by atoms with Crippen LogP contribution in [-0.2, 0) is 10.0 Å². The molecule has 1 atom stereocenters. The lowest BCUT2D eigenvalue weighted by atomic mass is 10.1. The highest BCUT2D eigenvalue weighted by Crippen LogP contribution is 2.35. The highest BCUT2D eigenvalue weighted by molar-refractivity contribution is 7.90. The van der Waals surface area contributed by atoms with E-state index in [1.165, 1.54) is 0 Å². The molecule has 0 unspecified atom stereocenters. The molecule has 11 heteroatoms. The molecule has 6 rings (SSSR count). The average Bonchev–Trinajstić information content (AvgIpc) is 3.55. The van der Waals surface area contributed by atoms with E-state index in [-0.39, 0.29) is 11.3 Å². The lowest BCUT2D eigenvalue weighted by molar-refractivity contribution is 0.326. The largest absolute Gasteiger partial charge is 0.497 e. The van der Waals surface area contributed by atoms with Gasteiger partial charge in [-0.05, 0) is 43.9 Å². The molecule has 1 saturated carbocycles. The van der Waals surface area contributed by atoms with Crippen molar-refractivity contribution in [1.82, 2.24) is 23.7 Å². The molecule has 2 fully saturated rings. The highest BCUT2D eigenvalue weighted by Gasteiger charge is 2.41. The number of ether oxygens (including phenoxy) is 1. The third-order valence-corrected chi connectivity index (χ3v) is 9.65. The zero-order valence-corrected chi connectivity index (χ0v) is 20.9. The molecule has 1 saturated heterocycles. The van der Waals surface area contributed by atoms with Crippen LogP contribution in [0.5, 0.6) is 5.75 Å². The molecule has 2 aliphatic rings. The first-order valence-electron chi connectivity index (χ1n) is 11.7. The molecule has 1 aliphatic heterocycles. The van der Waals surface area contributed by atoms with Gasteiger partial charge < -0.3 is 10.1 Å². The average molecular weight is 511 g/mol. The zero-order chi connectivity index (χ0) is 24.0. The van der Waals surface area contributed by atoms with Gasteiger partial charge in [0.2, 0.25) is 16.0 Å². The van der Waals surface area contributed by atoms with Crippen LogP contribution in [0.25, 0.3) is 27.6 Å². The van der Waals surface area contributed by atoms with Gasteiger partial charge in [0.25, 0.3) is 0 Å². The first-order chi connectivity index (χ1) is 17.0. The molecule has 35 heavy (non-hydrogen) atoms. The summed E-state index contributed by atoms with van der Waals surface area (Å²) in [4.78, 5) is 15.0. The Morgan fingerprint density at radius 3 is 2.89 bits per heavy atom. The van der Waals surface area contributed by atoms with Crippen LogP contribution in [0.1, 0.15) is 25.7 Å². The van der Waals surface area contributed by atoms with Gasteiger partial charge in [0.15, 0.2) is 4.96 Å². The third-order valence-electron chi connectivity index (χ3n) is 6.53. The summed E-state index contributed by atoms with van der Waals surface area (Å²) in [5, 5.41) is 5.20. The normalized spacial score (nSPS) is 19.2. The molecular formula is C24H26N6O3S2. The summed E-state index contributed by atoms with van der Waals surface area (Å²) in [7, 11) is -1.54. The van der Waals surface area contributed by atoms with Gasteiger partial charge in [-0.25, -0.2) is 23.4 Å². The van der Waals surface area contributed by atoms with Gasteiger partial charge in [-0.3, -0.25) is 4.40 Å². The molecule has 1 aromatic carbocycles. The second kappa shape index (κ2) is 8.89. The number of rotatable bonds is 7. The number of hydrogen-bond donors (Lipinski definition) is 1. The van der Waals surface area contributed by atoms with Crippen LogP contribution in [0.4, 0.5) is 5.95 Å². The lowest BCUT2D eigenvalue weighted by Crippen LogP contribution is -2.46. The van der Waals surface area contributed by atoms with E-state index in [0.717, 1.165) is 59.0 Å². The number of fused-ring (bicyclic) bond motifs is 1. The second-order valence-electron chi connectivity index (χ2n) is 8.95. The first-order valence-corrected chi connectivity index (χ1v) is 14.1. The van der Waals surface area contributed by atoms with E-state index in [1.807, 2.05) is 46.3 Å². The SMILES string of the molecule is COc1cccc(-c2nc3sccn3c2-c2ccnc(N[C@@H]3CCCN(S(=O)(=O)C4CC4)C3)n2)c1. The van der Waals surface area contributed by atoms with Gasteiger partial charge in [0.1, 0.15) is 11.4 Å². The smallest absolute Gasteiger partial charge is 0.223 e. The summed E-state index contributed by atoms with van der Waals surface area (Å²) >= 11 is 1.56. The number of aromatic nitrogens is 4. The highest BCUT2D eigenvalue weighted by atomic mass is 32.2. The molecule has 1 aliphatic carbocycles. The van der Waals surface area contributed by atoms with Crippen molar-refractivity contribution in [3.8, 4) is 28.4 Å². The van der Waals surface area contributed by atoms with Crippen LogP contribution in [0.15, 0.2) is 48.1 Å². The predicted octanol–water partition coefficient (Wildman–Crippen LogP) is 3.90. The van der Waals surface area contributed by atoms with E-state index in [4.69, 9.17) is 14.7 Å².